The number of hydrogen-bond acceptors (Lipinski definition) is 5. The van der Waals surface area contributed by atoms with Gasteiger partial charge in [-0.2, -0.15) is 0 Å². The molecule has 2 aromatic rings. The topological polar surface area (TPSA) is 77.9 Å². The minimum Gasteiger partial charge on any atom is -0.465 e. The monoisotopic (exact) mass is 410 g/mol. The molecule has 29 heavy (non-hydrogen) atoms. The van der Waals surface area contributed by atoms with Gasteiger partial charge in [0.1, 0.15) is 11.6 Å². The molecule has 156 valence electrons. The molecule has 1 amide bonds. The number of piperazine rings is 1. The van der Waals surface area contributed by atoms with Crippen LogP contribution in [0, 0.1) is 0 Å². The first kappa shape index (κ1) is 20.7. The fourth-order valence-corrected chi connectivity index (χ4v) is 3.14. The third kappa shape index (κ3) is 6.24. The van der Waals surface area contributed by atoms with E-state index in [1.807, 2.05) is 12.1 Å². The molecule has 0 unspecified atom stereocenters. The van der Waals surface area contributed by atoms with Crippen LogP contribution in [0.1, 0.15) is 0 Å². The van der Waals surface area contributed by atoms with Gasteiger partial charge in [-0.15, -0.1) is 13.2 Å². The van der Waals surface area contributed by atoms with Gasteiger partial charge in [-0.1, -0.05) is 12.1 Å². The van der Waals surface area contributed by atoms with Crippen LogP contribution in [-0.4, -0.2) is 66.7 Å². The van der Waals surface area contributed by atoms with E-state index in [2.05, 4.69) is 24.8 Å². The quantitative estimate of drug-likeness (QED) is 0.762. The number of nitrogens with zero attached hydrogens (tertiary/aromatic N) is 3. The van der Waals surface area contributed by atoms with E-state index >= 15 is 0 Å². The van der Waals surface area contributed by atoms with Crippen LogP contribution in [0.2, 0.25) is 0 Å². The molecule has 0 spiro atoms. The number of alkyl halides is 3. The summed E-state index contributed by atoms with van der Waals surface area (Å²) in [5, 5.41) is 11.0. The van der Waals surface area contributed by atoms with E-state index in [0.29, 0.717) is 24.2 Å². The highest BCUT2D eigenvalue weighted by atomic mass is 19.4. The van der Waals surface area contributed by atoms with Gasteiger partial charge in [0, 0.05) is 51.0 Å². The zero-order valence-corrected chi connectivity index (χ0v) is 15.5. The van der Waals surface area contributed by atoms with Gasteiger partial charge in [-0.3, -0.25) is 4.90 Å². The summed E-state index contributed by atoms with van der Waals surface area (Å²) in [5.74, 6) is 0.521. The highest BCUT2D eigenvalue weighted by Crippen LogP contribution is 2.28. The number of hydrogen-bond donors (Lipinski definition) is 2. The van der Waals surface area contributed by atoms with Crippen molar-refractivity contribution in [3.63, 3.8) is 0 Å². The van der Waals surface area contributed by atoms with Crippen molar-refractivity contribution in [2.75, 3.05) is 44.2 Å². The largest absolute Gasteiger partial charge is 0.573 e. The average Bonchev–Trinajstić information content (AvgIpc) is 2.67. The zero-order chi connectivity index (χ0) is 20.9. The summed E-state index contributed by atoms with van der Waals surface area (Å²) in [7, 11) is 0. The molecule has 0 bridgehead atoms. The molecule has 1 fully saturated rings. The van der Waals surface area contributed by atoms with Crippen LogP contribution in [0.4, 0.5) is 23.8 Å². The molecule has 1 aromatic carbocycles. The van der Waals surface area contributed by atoms with E-state index in [0.717, 1.165) is 32.0 Å². The number of ether oxygens (including phenoxy) is 1. The predicted molar refractivity (Wildman–Crippen MR) is 101 cm³/mol. The zero-order valence-electron chi connectivity index (χ0n) is 15.5. The van der Waals surface area contributed by atoms with E-state index in [1.54, 1.807) is 12.3 Å². The predicted octanol–water partition coefficient (Wildman–Crippen LogP) is 3.04. The van der Waals surface area contributed by atoms with Crippen LogP contribution in [0.3, 0.4) is 0 Å². The maximum Gasteiger partial charge on any atom is 0.573 e. The van der Waals surface area contributed by atoms with Crippen molar-refractivity contribution in [1.29, 1.82) is 0 Å². The van der Waals surface area contributed by atoms with Crippen molar-refractivity contribution >= 4 is 11.9 Å². The highest BCUT2D eigenvalue weighted by Gasteiger charge is 2.31. The Labute approximate surface area is 165 Å². The van der Waals surface area contributed by atoms with Crippen LogP contribution in [0.25, 0.3) is 11.1 Å². The molecule has 0 atom stereocenters. The van der Waals surface area contributed by atoms with Crippen molar-refractivity contribution in [3.05, 3.63) is 42.6 Å². The summed E-state index contributed by atoms with van der Waals surface area (Å²) >= 11 is 0. The molecular weight excluding hydrogens is 389 g/mol. The number of halogens is 3. The van der Waals surface area contributed by atoms with Gasteiger partial charge in [0.05, 0.1) is 0 Å². The Bertz CT molecular complexity index is 822. The lowest BCUT2D eigenvalue weighted by Gasteiger charge is -2.35. The molecule has 7 nitrogen and oxygen atoms in total. The smallest absolute Gasteiger partial charge is 0.465 e. The second kappa shape index (κ2) is 8.99. The molecule has 1 aromatic heterocycles. The minimum atomic E-state index is -4.73. The Hall–Kier alpha value is -3.01. The van der Waals surface area contributed by atoms with Crippen molar-refractivity contribution in [2.45, 2.75) is 6.36 Å². The van der Waals surface area contributed by atoms with Gasteiger partial charge in [0.15, 0.2) is 0 Å². The normalized spacial score (nSPS) is 15.2. The SMILES string of the molecule is O=C(O)NCCN1CCN(c2ccc(-c3cccc(OC(F)(F)F)c3)cn2)CC1. The average molecular weight is 410 g/mol. The molecule has 1 aliphatic heterocycles. The van der Waals surface area contributed by atoms with Gasteiger partial charge < -0.3 is 20.1 Å². The molecule has 0 saturated carbocycles. The molecule has 1 aliphatic rings. The Kier molecular flexibility index (Phi) is 6.42. The fraction of sp³-hybridized carbons (Fsp3) is 0.368. The van der Waals surface area contributed by atoms with Gasteiger partial charge in [-0.05, 0) is 29.8 Å². The number of aromatic nitrogens is 1. The van der Waals surface area contributed by atoms with Gasteiger partial charge in [-0.25, -0.2) is 9.78 Å². The molecule has 0 aliphatic carbocycles. The Morgan fingerprint density at radius 2 is 1.90 bits per heavy atom. The molecule has 2 heterocycles. The summed E-state index contributed by atoms with van der Waals surface area (Å²) < 4.78 is 41.1. The van der Waals surface area contributed by atoms with Crippen LogP contribution in [-0.2, 0) is 0 Å². The first-order valence-corrected chi connectivity index (χ1v) is 9.06. The standard InChI is InChI=1S/C19H21F3N4O3/c20-19(21,22)29-16-3-1-2-14(12-16)15-4-5-17(24-13-15)26-10-8-25(9-11-26)7-6-23-18(27)28/h1-5,12-13,23H,6-11H2,(H,27,28). The molecular formula is C19H21F3N4O3. The molecule has 2 N–H and O–H groups in total. The number of pyridine rings is 1. The van der Waals surface area contributed by atoms with E-state index in [1.165, 1.54) is 18.2 Å². The third-order valence-electron chi connectivity index (χ3n) is 4.55. The van der Waals surface area contributed by atoms with Crippen molar-refractivity contribution in [3.8, 4) is 16.9 Å². The summed E-state index contributed by atoms with van der Waals surface area (Å²) in [4.78, 5) is 19.2. The van der Waals surface area contributed by atoms with Crippen molar-refractivity contribution in [2.24, 2.45) is 0 Å². The van der Waals surface area contributed by atoms with Crippen LogP contribution < -0.4 is 15.0 Å². The minimum absolute atomic E-state index is 0.271. The summed E-state index contributed by atoms with van der Waals surface area (Å²) in [6, 6.07) is 9.44. The first-order chi connectivity index (χ1) is 13.8. The number of nitrogens with one attached hydrogen (secondary N) is 1. The Morgan fingerprint density at radius 3 is 2.52 bits per heavy atom. The number of rotatable bonds is 6. The lowest BCUT2D eigenvalue weighted by Crippen LogP contribution is -2.48. The maximum absolute atomic E-state index is 12.4. The lowest BCUT2D eigenvalue weighted by molar-refractivity contribution is -0.274. The number of carbonyl (C=O) groups is 1. The van der Waals surface area contributed by atoms with Crippen LogP contribution >= 0.6 is 0 Å². The number of amides is 1. The van der Waals surface area contributed by atoms with Crippen molar-refractivity contribution in [1.82, 2.24) is 15.2 Å². The Balaban J connectivity index is 1.57. The maximum atomic E-state index is 12.4. The van der Waals surface area contributed by atoms with E-state index in [9.17, 15) is 18.0 Å². The summed E-state index contributed by atoms with van der Waals surface area (Å²) in [6.45, 7) is 4.15. The fourth-order valence-electron chi connectivity index (χ4n) is 3.14. The number of carboxylic acid groups (broad SMARTS) is 1. The molecule has 1 saturated heterocycles. The van der Waals surface area contributed by atoms with Crippen LogP contribution in [0.15, 0.2) is 42.6 Å². The number of anilines is 1. The molecule has 3 rings (SSSR count). The Morgan fingerprint density at radius 1 is 1.14 bits per heavy atom. The first-order valence-electron chi connectivity index (χ1n) is 9.06. The summed E-state index contributed by atoms with van der Waals surface area (Å²) in [6.07, 6.45) is -4.12. The third-order valence-corrected chi connectivity index (χ3v) is 4.55. The van der Waals surface area contributed by atoms with Gasteiger partial charge >= 0.3 is 12.5 Å². The molecule has 10 heteroatoms. The van der Waals surface area contributed by atoms with Gasteiger partial charge in [0.25, 0.3) is 0 Å². The van der Waals surface area contributed by atoms with E-state index in [-0.39, 0.29) is 5.75 Å². The van der Waals surface area contributed by atoms with Gasteiger partial charge in [0.2, 0.25) is 0 Å². The number of benzene rings is 1. The van der Waals surface area contributed by atoms with Crippen LogP contribution in [0.5, 0.6) is 5.75 Å². The molecule has 0 radical (unpaired) electrons. The van der Waals surface area contributed by atoms with E-state index in [4.69, 9.17) is 5.11 Å². The second-order valence-electron chi connectivity index (χ2n) is 6.54. The van der Waals surface area contributed by atoms with Crippen molar-refractivity contribution < 1.29 is 27.8 Å². The van der Waals surface area contributed by atoms with E-state index < -0.39 is 12.5 Å². The summed E-state index contributed by atoms with van der Waals surface area (Å²) in [5.41, 5.74) is 1.28. The second-order valence-corrected chi connectivity index (χ2v) is 6.54. The lowest BCUT2D eigenvalue weighted by atomic mass is 10.1. The highest BCUT2D eigenvalue weighted by molar-refractivity contribution is 5.65.